The van der Waals surface area contributed by atoms with Gasteiger partial charge in [0.25, 0.3) is 0 Å². The SMILES string of the molecule is COc1ccccc1C1CCNC1CCOC(c1ccccc1)c1ccccc1. The topological polar surface area (TPSA) is 30.5 Å². The van der Waals surface area contributed by atoms with Crippen molar-refractivity contribution in [2.24, 2.45) is 0 Å². The van der Waals surface area contributed by atoms with Crippen LogP contribution in [0.4, 0.5) is 0 Å². The molecule has 3 heteroatoms. The highest BCUT2D eigenvalue weighted by molar-refractivity contribution is 5.38. The van der Waals surface area contributed by atoms with Crippen LogP contribution in [0.25, 0.3) is 0 Å². The maximum Gasteiger partial charge on any atom is 0.122 e. The summed E-state index contributed by atoms with van der Waals surface area (Å²) in [6, 6.07) is 29.8. The lowest BCUT2D eigenvalue weighted by molar-refractivity contribution is 0.0727. The molecule has 150 valence electrons. The van der Waals surface area contributed by atoms with Crippen LogP contribution in [0.1, 0.15) is 41.6 Å². The second kappa shape index (κ2) is 9.73. The fourth-order valence-electron chi connectivity index (χ4n) is 4.37. The third kappa shape index (κ3) is 4.69. The Kier molecular flexibility index (Phi) is 6.60. The Balaban J connectivity index is 1.44. The van der Waals surface area contributed by atoms with Crippen molar-refractivity contribution in [3.05, 3.63) is 102 Å². The number of methoxy groups -OCH3 is 1. The number of nitrogens with one attached hydrogen (secondary N) is 1. The molecule has 0 amide bonds. The smallest absolute Gasteiger partial charge is 0.122 e. The van der Waals surface area contributed by atoms with Crippen LogP contribution in [0.3, 0.4) is 0 Å². The third-order valence-electron chi connectivity index (χ3n) is 5.80. The van der Waals surface area contributed by atoms with E-state index in [1.165, 1.54) is 16.7 Å². The number of para-hydroxylation sites is 1. The van der Waals surface area contributed by atoms with E-state index in [-0.39, 0.29) is 6.10 Å². The Morgan fingerprint density at radius 1 is 0.862 bits per heavy atom. The van der Waals surface area contributed by atoms with Gasteiger partial charge in [0.15, 0.2) is 0 Å². The van der Waals surface area contributed by atoms with E-state index in [0.717, 1.165) is 25.1 Å². The van der Waals surface area contributed by atoms with Gasteiger partial charge in [-0.25, -0.2) is 0 Å². The molecule has 4 rings (SSSR count). The number of hydrogen-bond donors (Lipinski definition) is 1. The van der Waals surface area contributed by atoms with Crippen molar-refractivity contribution in [2.45, 2.75) is 30.9 Å². The van der Waals surface area contributed by atoms with Crippen LogP contribution in [0.2, 0.25) is 0 Å². The van der Waals surface area contributed by atoms with E-state index >= 15 is 0 Å². The average Bonchev–Trinajstić information content (AvgIpc) is 3.26. The molecule has 0 aliphatic carbocycles. The molecule has 0 saturated carbocycles. The molecule has 2 atom stereocenters. The fraction of sp³-hybridized carbons (Fsp3) is 0.308. The zero-order valence-electron chi connectivity index (χ0n) is 17.0. The summed E-state index contributed by atoms with van der Waals surface area (Å²) < 4.78 is 12.1. The number of hydrogen-bond acceptors (Lipinski definition) is 3. The molecule has 2 unspecified atom stereocenters. The monoisotopic (exact) mass is 387 g/mol. The average molecular weight is 388 g/mol. The molecule has 0 radical (unpaired) electrons. The minimum absolute atomic E-state index is 0.0384. The van der Waals surface area contributed by atoms with Gasteiger partial charge in [0, 0.05) is 18.6 Å². The maximum atomic E-state index is 6.45. The standard InChI is InChI=1S/C26H29NO2/c1-28-25-15-9-8-14-23(25)22-16-18-27-24(22)17-19-29-26(20-10-4-2-5-11-20)21-12-6-3-7-13-21/h2-15,22,24,26-27H,16-19H2,1H3. The van der Waals surface area contributed by atoms with Crippen molar-refractivity contribution in [3.8, 4) is 5.75 Å². The number of rotatable bonds is 8. The van der Waals surface area contributed by atoms with Crippen LogP contribution in [0, 0.1) is 0 Å². The predicted molar refractivity (Wildman–Crippen MR) is 117 cm³/mol. The maximum absolute atomic E-state index is 6.45. The molecular weight excluding hydrogens is 358 g/mol. The Morgan fingerprint density at radius 3 is 2.14 bits per heavy atom. The molecule has 3 nitrogen and oxygen atoms in total. The van der Waals surface area contributed by atoms with Gasteiger partial charge in [0.1, 0.15) is 11.9 Å². The first-order valence-electron chi connectivity index (χ1n) is 10.4. The van der Waals surface area contributed by atoms with E-state index in [1.54, 1.807) is 7.11 Å². The normalized spacial score (nSPS) is 18.8. The summed E-state index contributed by atoms with van der Waals surface area (Å²) in [5, 5.41) is 3.67. The number of ether oxygens (including phenoxy) is 2. The lowest BCUT2D eigenvalue weighted by Crippen LogP contribution is -2.28. The van der Waals surface area contributed by atoms with Crippen LogP contribution < -0.4 is 10.1 Å². The second-order valence-corrected chi connectivity index (χ2v) is 7.56. The van der Waals surface area contributed by atoms with Gasteiger partial charge in [-0.2, -0.15) is 0 Å². The zero-order chi connectivity index (χ0) is 19.9. The van der Waals surface area contributed by atoms with E-state index in [1.807, 2.05) is 18.2 Å². The van der Waals surface area contributed by atoms with Crippen molar-refractivity contribution in [2.75, 3.05) is 20.3 Å². The molecule has 1 aliphatic rings. The van der Waals surface area contributed by atoms with Gasteiger partial charge >= 0.3 is 0 Å². The van der Waals surface area contributed by atoms with Crippen molar-refractivity contribution in [1.29, 1.82) is 0 Å². The predicted octanol–water partition coefficient (Wildman–Crippen LogP) is 5.34. The molecular formula is C26H29NO2. The highest BCUT2D eigenvalue weighted by Gasteiger charge is 2.30. The first kappa shape index (κ1) is 19.7. The van der Waals surface area contributed by atoms with Crippen molar-refractivity contribution >= 4 is 0 Å². The number of benzene rings is 3. The highest BCUT2D eigenvalue weighted by Crippen LogP contribution is 2.35. The first-order chi connectivity index (χ1) is 14.4. The summed E-state index contributed by atoms with van der Waals surface area (Å²) in [4.78, 5) is 0. The molecule has 1 heterocycles. The summed E-state index contributed by atoms with van der Waals surface area (Å²) in [6.07, 6.45) is 2.06. The van der Waals surface area contributed by atoms with Crippen LogP contribution >= 0.6 is 0 Å². The first-order valence-corrected chi connectivity index (χ1v) is 10.4. The molecule has 0 spiro atoms. The summed E-state index contributed by atoms with van der Waals surface area (Å²) in [5.74, 6) is 1.44. The quantitative estimate of drug-likeness (QED) is 0.566. The lowest BCUT2D eigenvalue weighted by Gasteiger charge is -2.24. The van der Waals surface area contributed by atoms with Crippen molar-refractivity contribution in [3.63, 3.8) is 0 Å². The minimum Gasteiger partial charge on any atom is -0.496 e. The summed E-state index contributed by atoms with van der Waals surface area (Å²) >= 11 is 0. The van der Waals surface area contributed by atoms with Gasteiger partial charge in [-0.15, -0.1) is 0 Å². The summed E-state index contributed by atoms with van der Waals surface area (Å²) in [5.41, 5.74) is 3.69. The Bertz CT molecular complexity index is 842. The summed E-state index contributed by atoms with van der Waals surface area (Å²) in [7, 11) is 1.75. The van der Waals surface area contributed by atoms with Crippen LogP contribution in [-0.4, -0.2) is 26.3 Å². The molecule has 29 heavy (non-hydrogen) atoms. The molecule has 1 saturated heterocycles. The van der Waals surface area contributed by atoms with Gasteiger partial charge in [-0.05, 0) is 42.1 Å². The summed E-state index contributed by atoms with van der Waals surface area (Å²) in [6.45, 7) is 1.74. The van der Waals surface area contributed by atoms with E-state index in [2.05, 4.69) is 72.0 Å². The Hall–Kier alpha value is -2.62. The van der Waals surface area contributed by atoms with Gasteiger partial charge in [-0.1, -0.05) is 78.9 Å². The largest absolute Gasteiger partial charge is 0.496 e. The van der Waals surface area contributed by atoms with Crippen LogP contribution in [0.5, 0.6) is 5.75 Å². The van der Waals surface area contributed by atoms with Crippen LogP contribution in [0.15, 0.2) is 84.9 Å². The molecule has 3 aromatic carbocycles. The van der Waals surface area contributed by atoms with Gasteiger partial charge in [0.05, 0.1) is 7.11 Å². The fourth-order valence-corrected chi connectivity index (χ4v) is 4.37. The Morgan fingerprint density at radius 2 is 1.48 bits per heavy atom. The van der Waals surface area contributed by atoms with Gasteiger partial charge in [-0.3, -0.25) is 0 Å². The van der Waals surface area contributed by atoms with E-state index in [4.69, 9.17) is 9.47 Å². The molecule has 1 aliphatic heterocycles. The lowest BCUT2D eigenvalue weighted by atomic mass is 9.89. The second-order valence-electron chi connectivity index (χ2n) is 7.56. The molecule has 1 fully saturated rings. The minimum atomic E-state index is -0.0384. The molecule has 0 bridgehead atoms. The molecule has 0 aromatic heterocycles. The molecule has 3 aromatic rings. The van der Waals surface area contributed by atoms with E-state index in [0.29, 0.717) is 18.6 Å². The van der Waals surface area contributed by atoms with E-state index in [9.17, 15) is 0 Å². The zero-order valence-corrected chi connectivity index (χ0v) is 17.0. The van der Waals surface area contributed by atoms with Gasteiger partial charge < -0.3 is 14.8 Å². The third-order valence-corrected chi connectivity index (χ3v) is 5.80. The van der Waals surface area contributed by atoms with Gasteiger partial charge in [0.2, 0.25) is 0 Å². The highest BCUT2D eigenvalue weighted by atomic mass is 16.5. The molecule has 1 N–H and O–H groups in total. The Labute approximate surface area is 173 Å². The van der Waals surface area contributed by atoms with Crippen molar-refractivity contribution in [1.82, 2.24) is 5.32 Å². The van der Waals surface area contributed by atoms with Crippen LogP contribution in [-0.2, 0) is 4.74 Å². The van der Waals surface area contributed by atoms with Crippen molar-refractivity contribution < 1.29 is 9.47 Å². The van der Waals surface area contributed by atoms with E-state index < -0.39 is 0 Å².